The van der Waals surface area contributed by atoms with Crippen molar-refractivity contribution in [3.8, 4) is 0 Å². The summed E-state index contributed by atoms with van der Waals surface area (Å²) in [5, 5.41) is 9.38. The van der Waals surface area contributed by atoms with Crippen molar-refractivity contribution >= 4 is 36.3 Å². The molecule has 0 spiro atoms. The molecule has 2 rings (SSSR count). The van der Waals surface area contributed by atoms with Gasteiger partial charge in [-0.3, -0.25) is 4.79 Å². The molecule has 1 aromatic carbocycles. The van der Waals surface area contributed by atoms with Crippen molar-refractivity contribution in [2.24, 2.45) is 5.92 Å². The number of carboxylic acids is 1. The van der Waals surface area contributed by atoms with Crippen LogP contribution in [0.1, 0.15) is 51.7 Å². The smallest absolute Gasteiger partial charge is 0.326 e. The van der Waals surface area contributed by atoms with Gasteiger partial charge in [-0.25, -0.2) is 4.79 Å². The lowest BCUT2D eigenvalue weighted by Gasteiger charge is -2.30. The molecule has 1 amide bonds. The van der Waals surface area contributed by atoms with Crippen molar-refractivity contribution in [2.75, 3.05) is 5.75 Å². The Morgan fingerprint density at radius 3 is 2.38 bits per heavy atom. The summed E-state index contributed by atoms with van der Waals surface area (Å²) >= 11 is 5.85. The molecule has 144 valence electrons. The first-order valence-electron chi connectivity index (χ1n) is 9.02. The van der Waals surface area contributed by atoms with Crippen LogP contribution in [0, 0.1) is 5.92 Å². The lowest BCUT2D eigenvalue weighted by atomic mass is 9.87. The maximum absolute atomic E-state index is 12.7. The molecule has 1 heterocycles. The SMILES string of the molecule is C[C@H](CS)C(=O)N1[C@@H](SCc2ccc(C(C)(C)C)cc2)CC[C@H]1C(=O)O. The largest absolute Gasteiger partial charge is 0.480 e. The summed E-state index contributed by atoms with van der Waals surface area (Å²) in [4.78, 5) is 25.8. The Hall–Kier alpha value is -1.14. The molecule has 6 heteroatoms. The zero-order valence-electron chi connectivity index (χ0n) is 15.9. The Balaban J connectivity index is 2.07. The van der Waals surface area contributed by atoms with Gasteiger partial charge in [0, 0.05) is 17.4 Å². The molecular weight excluding hydrogens is 366 g/mol. The highest BCUT2D eigenvalue weighted by Crippen LogP contribution is 2.35. The van der Waals surface area contributed by atoms with E-state index in [1.807, 2.05) is 0 Å². The van der Waals surface area contributed by atoms with Crippen molar-refractivity contribution in [3.05, 3.63) is 35.4 Å². The van der Waals surface area contributed by atoms with Crippen molar-refractivity contribution in [3.63, 3.8) is 0 Å². The van der Waals surface area contributed by atoms with Crippen LogP contribution in [-0.2, 0) is 20.8 Å². The maximum atomic E-state index is 12.7. The molecule has 0 bridgehead atoms. The van der Waals surface area contributed by atoms with Gasteiger partial charge in [0.2, 0.25) is 5.91 Å². The van der Waals surface area contributed by atoms with Gasteiger partial charge in [-0.1, -0.05) is 52.0 Å². The third-order valence-corrected chi connectivity index (χ3v) is 6.73. The van der Waals surface area contributed by atoms with E-state index in [1.165, 1.54) is 11.1 Å². The third kappa shape index (κ3) is 4.97. The normalized spacial score (nSPS) is 21.7. The standard InChI is InChI=1S/C20H29NO3S2/c1-13(11-25)18(22)21-16(19(23)24)9-10-17(21)26-12-14-5-7-15(8-6-14)20(2,3)4/h5-8,13,16-17,25H,9-12H2,1-4H3,(H,23,24)/t13-,16+,17+/m1/s1. The first-order valence-corrected chi connectivity index (χ1v) is 10.7. The second-order valence-corrected chi connectivity index (χ2v) is 9.50. The molecule has 0 saturated carbocycles. The number of thiol groups is 1. The van der Waals surface area contributed by atoms with E-state index in [1.54, 1.807) is 23.6 Å². The van der Waals surface area contributed by atoms with Crippen LogP contribution in [-0.4, -0.2) is 39.1 Å². The van der Waals surface area contributed by atoms with Crippen LogP contribution in [0.25, 0.3) is 0 Å². The second kappa shape index (κ2) is 8.70. The van der Waals surface area contributed by atoms with E-state index in [2.05, 4.69) is 57.7 Å². The number of carboxylic acid groups (broad SMARTS) is 1. The average Bonchev–Trinajstić information content (AvgIpc) is 3.02. The van der Waals surface area contributed by atoms with E-state index >= 15 is 0 Å². The van der Waals surface area contributed by atoms with Gasteiger partial charge in [0.25, 0.3) is 0 Å². The monoisotopic (exact) mass is 395 g/mol. The summed E-state index contributed by atoms with van der Waals surface area (Å²) in [5.41, 5.74) is 2.60. The molecule has 3 atom stereocenters. The van der Waals surface area contributed by atoms with Crippen molar-refractivity contribution in [1.82, 2.24) is 4.90 Å². The topological polar surface area (TPSA) is 57.6 Å². The van der Waals surface area contributed by atoms with Crippen molar-refractivity contribution in [2.45, 2.75) is 63.1 Å². The fourth-order valence-electron chi connectivity index (χ4n) is 3.11. The van der Waals surface area contributed by atoms with E-state index in [4.69, 9.17) is 0 Å². The van der Waals surface area contributed by atoms with Crippen LogP contribution in [0.3, 0.4) is 0 Å². The van der Waals surface area contributed by atoms with Crippen LogP contribution in [0.4, 0.5) is 0 Å². The van der Waals surface area contributed by atoms with Gasteiger partial charge in [0.05, 0.1) is 5.37 Å². The van der Waals surface area contributed by atoms with Crippen LogP contribution < -0.4 is 0 Å². The molecule has 4 nitrogen and oxygen atoms in total. The first-order chi connectivity index (χ1) is 12.1. The average molecular weight is 396 g/mol. The minimum Gasteiger partial charge on any atom is -0.480 e. The first kappa shape index (κ1) is 21.2. The zero-order valence-corrected chi connectivity index (χ0v) is 17.6. The molecule has 1 saturated heterocycles. The lowest BCUT2D eigenvalue weighted by Crippen LogP contribution is -2.46. The number of rotatable bonds is 6. The van der Waals surface area contributed by atoms with Crippen molar-refractivity contribution in [1.29, 1.82) is 0 Å². The number of thioether (sulfide) groups is 1. The molecule has 0 unspecified atom stereocenters. The molecule has 1 fully saturated rings. The maximum Gasteiger partial charge on any atom is 0.326 e. The molecule has 1 aromatic rings. The van der Waals surface area contributed by atoms with E-state index in [0.717, 1.165) is 5.75 Å². The number of benzene rings is 1. The molecule has 1 N–H and O–H groups in total. The Labute approximate surface area is 166 Å². The quantitative estimate of drug-likeness (QED) is 0.709. The fraction of sp³-hybridized carbons (Fsp3) is 0.600. The number of aliphatic carboxylic acids is 1. The molecule has 0 aliphatic carbocycles. The minimum absolute atomic E-state index is 0.0896. The Morgan fingerprint density at radius 2 is 1.88 bits per heavy atom. The predicted molar refractivity (Wildman–Crippen MR) is 111 cm³/mol. The number of hydrogen-bond donors (Lipinski definition) is 2. The van der Waals surface area contributed by atoms with Crippen molar-refractivity contribution < 1.29 is 14.7 Å². The number of hydrogen-bond acceptors (Lipinski definition) is 4. The summed E-state index contributed by atoms with van der Waals surface area (Å²) in [6.07, 6.45) is 1.23. The summed E-state index contributed by atoms with van der Waals surface area (Å²) in [5.74, 6) is -0.103. The van der Waals surface area contributed by atoms with Crippen LogP contribution in [0.5, 0.6) is 0 Å². The highest BCUT2D eigenvalue weighted by atomic mass is 32.2. The van der Waals surface area contributed by atoms with E-state index in [0.29, 0.717) is 18.6 Å². The minimum atomic E-state index is -0.914. The van der Waals surface area contributed by atoms with Gasteiger partial charge in [-0.15, -0.1) is 11.8 Å². The molecular formula is C20H29NO3S2. The predicted octanol–water partition coefficient (Wildman–Crippen LogP) is 4.18. The highest BCUT2D eigenvalue weighted by molar-refractivity contribution is 7.99. The Bertz CT molecular complexity index is 639. The lowest BCUT2D eigenvalue weighted by molar-refractivity contribution is -0.149. The van der Waals surface area contributed by atoms with Crippen LogP contribution >= 0.6 is 24.4 Å². The second-order valence-electron chi connectivity index (χ2n) is 7.97. The van der Waals surface area contributed by atoms with E-state index < -0.39 is 12.0 Å². The van der Waals surface area contributed by atoms with Gasteiger partial charge in [0.15, 0.2) is 0 Å². The van der Waals surface area contributed by atoms with Gasteiger partial charge in [-0.2, -0.15) is 12.6 Å². The van der Waals surface area contributed by atoms with Crippen LogP contribution in [0.15, 0.2) is 24.3 Å². The highest BCUT2D eigenvalue weighted by Gasteiger charge is 2.42. The number of amides is 1. The summed E-state index contributed by atoms with van der Waals surface area (Å²) < 4.78 is 0. The number of likely N-dealkylation sites (tertiary alicyclic amines) is 1. The Morgan fingerprint density at radius 1 is 1.27 bits per heavy atom. The number of carbonyl (C=O) groups is 2. The number of nitrogens with zero attached hydrogens (tertiary/aromatic N) is 1. The molecule has 1 aliphatic rings. The summed E-state index contributed by atoms with van der Waals surface area (Å²) in [6.45, 7) is 8.37. The molecule has 0 radical (unpaired) electrons. The summed E-state index contributed by atoms with van der Waals surface area (Å²) in [6, 6.07) is 7.83. The molecule has 1 aliphatic heterocycles. The Kier molecular flexibility index (Phi) is 7.08. The van der Waals surface area contributed by atoms with Gasteiger partial charge >= 0.3 is 5.97 Å². The van der Waals surface area contributed by atoms with Crippen LogP contribution in [0.2, 0.25) is 0 Å². The van der Waals surface area contributed by atoms with Gasteiger partial charge in [-0.05, 0) is 29.4 Å². The summed E-state index contributed by atoms with van der Waals surface area (Å²) in [7, 11) is 0. The molecule has 0 aromatic heterocycles. The van der Waals surface area contributed by atoms with Gasteiger partial charge in [0.1, 0.15) is 6.04 Å². The van der Waals surface area contributed by atoms with E-state index in [-0.39, 0.29) is 22.6 Å². The zero-order chi connectivity index (χ0) is 19.5. The fourth-order valence-corrected chi connectivity index (χ4v) is 4.55. The van der Waals surface area contributed by atoms with Gasteiger partial charge < -0.3 is 10.0 Å². The third-order valence-electron chi connectivity index (χ3n) is 4.83. The number of carbonyl (C=O) groups excluding carboxylic acids is 1. The van der Waals surface area contributed by atoms with E-state index in [9.17, 15) is 14.7 Å². The molecule has 26 heavy (non-hydrogen) atoms.